The molecule has 6 nitrogen and oxygen atoms in total. The normalized spacial score (nSPS) is 11.3. The molecule has 0 saturated carbocycles. The van der Waals surface area contributed by atoms with Crippen molar-refractivity contribution in [3.8, 4) is 5.69 Å². The van der Waals surface area contributed by atoms with Gasteiger partial charge in [-0.25, -0.2) is 4.68 Å². The van der Waals surface area contributed by atoms with Crippen molar-refractivity contribution in [3.05, 3.63) is 41.6 Å². The number of aromatic nitrogens is 2. The van der Waals surface area contributed by atoms with Crippen LogP contribution in [0.2, 0.25) is 0 Å². The number of benzene rings is 1. The zero-order valence-electron chi connectivity index (χ0n) is 16.1. The van der Waals surface area contributed by atoms with Crippen LogP contribution in [0.1, 0.15) is 51.8 Å². The van der Waals surface area contributed by atoms with E-state index >= 15 is 0 Å². The summed E-state index contributed by atoms with van der Waals surface area (Å²) < 4.78 is 6.58. The lowest BCUT2D eigenvalue weighted by atomic mass is 9.92. The molecule has 0 radical (unpaired) electrons. The predicted octanol–water partition coefficient (Wildman–Crippen LogP) is 3.76. The molecule has 1 heterocycles. The highest BCUT2D eigenvalue weighted by atomic mass is 16.5. The summed E-state index contributed by atoms with van der Waals surface area (Å²) in [5.41, 5.74) is 2.74. The zero-order valence-corrected chi connectivity index (χ0v) is 16.1. The maximum atomic E-state index is 12.3. The Morgan fingerprint density at radius 2 is 1.81 bits per heavy atom. The quantitative estimate of drug-likeness (QED) is 0.799. The topological polar surface area (TPSA) is 73.2 Å². The van der Waals surface area contributed by atoms with Gasteiger partial charge in [-0.1, -0.05) is 38.5 Å². The summed E-state index contributed by atoms with van der Waals surface area (Å²) in [4.78, 5) is 23.7. The number of amides is 1. The molecule has 1 N–H and O–H groups in total. The summed E-state index contributed by atoms with van der Waals surface area (Å²) in [7, 11) is 0. The minimum absolute atomic E-state index is 0.0600. The van der Waals surface area contributed by atoms with E-state index in [1.165, 1.54) is 0 Å². The van der Waals surface area contributed by atoms with Crippen LogP contribution in [-0.2, 0) is 19.7 Å². The number of aryl methyl sites for hydroxylation is 1. The highest BCUT2D eigenvalue weighted by molar-refractivity contribution is 5.92. The van der Waals surface area contributed by atoms with Crippen LogP contribution in [0.3, 0.4) is 0 Å². The number of nitrogens with zero attached hydrogens (tertiary/aromatic N) is 2. The molecule has 0 unspecified atom stereocenters. The molecular formula is C20H27N3O3. The van der Waals surface area contributed by atoms with Gasteiger partial charge >= 0.3 is 5.97 Å². The predicted molar refractivity (Wildman–Crippen MR) is 101 cm³/mol. The minimum atomic E-state index is -0.370. The third-order valence-electron chi connectivity index (χ3n) is 3.89. The Kier molecular flexibility index (Phi) is 6.18. The largest absolute Gasteiger partial charge is 0.466 e. The van der Waals surface area contributed by atoms with E-state index in [0.29, 0.717) is 12.4 Å². The Labute approximate surface area is 154 Å². The summed E-state index contributed by atoms with van der Waals surface area (Å²) in [6, 6.07) is 9.80. The Bertz CT molecular complexity index is 771. The van der Waals surface area contributed by atoms with Crippen LogP contribution >= 0.6 is 0 Å². The van der Waals surface area contributed by atoms with Crippen LogP contribution in [-0.4, -0.2) is 28.3 Å². The molecule has 0 aliphatic heterocycles. The minimum Gasteiger partial charge on any atom is -0.466 e. The molecular weight excluding hydrogens is 330 g/mol. The van der Waals surface area contributed by atoms with E-state index in [4.69, 9.17) is 4.74 Å². The van der Waals surface area contributed by atoms with E-state index in [-0.39, 0.29) is 30.1 Å². The SMILES string of the molecule is CCOC(=O)CCC(=O)Nc1cc(C(C)(C)C)nn1-c1ccc(C)cc1. The van der Waals surface area contributed by atoms with Crippen molar-refractivity contribution in [2.24, 2.45) is 0 Å². The van der Waals surface area contributed by atoms with Gasteiger partial charge in [0.05, 0.1) is 24.4 Å². The summed E-state index contributed by atoms with van der Waals surface area (Å²) in [5, 5.41) is 7.54. The third-order valence-corrected chi connectivity index (χ3v) is 3.89. The number of carbonyl (C=O) groups excluding carboxylic acids is 2. The number of anilines is 1. The molecule has 0 fully saturated rings. The number of ether oxygens (including phenoxy) is 1. The van der Waals surface area contributed by atoms with Gasteiger partial charge in [-0.05, 0) is 26.0 Å². The second kappa shape index (κ2) is 8.17. The first kappa shape index (κ1) is 19.7. The van der Waals surface area contributed by atoms with Gasteiger partial charge in [-0.3, -0.25) is 9.59 Å². The molecule has 0 aliphatic rings. The molecule has 0 aliphatic carbocycles. The standard InChI is InChI=1S/C20H27N3O3/c1-6-26-19(25)12-11-18(24)21-17-13-16(20(3,4)5)22-23(17)15-9-7-14(2)8-10-15/h7-10,13H,6,11-12H2,1-5H3,(H,21,24). The van der Waals surface area contributed by atoms with Gasteiger partial charge in [0.15, 0.2) is 0 Å². The molecule has 26 heavy (non-hydrogen) atoms. The van der Waals surface area contributed by atoms with Crippen molar-refractivity contribution in [1.29, 1.82) is 0 Å². The fourth-order valence-corrected chi connectivity index (χ4v) is 2.37. The Morgan fingerprint density at radius 1 is 1.15 bits per heavy atom. The number of nitrogens with one attached hydrogen (secondary N) is 1. The molecule has 0 saturated heterocycles. The molecule has 2 rings (SSSR count). The van der Waals surface area contributed by atoms with Crippen LogP contribution in [0.25, 0.3) is 5.69 Å². The van der Waals surface area contributed by atoms with Crippen molar-refractivity contribution in [2.75, 3.05) is 11.9 Å². The van der Waals surface area contributed by atoms with Crippen LogP contribution in [0, 0.1) is 6.92 Å². The van der Waals surface area contributed by atoms with Crippen LogP contribution < -0.4 is 5.32 Å². The third kappa shape index (κ3) is 5.18. The first-order valence-corrected chi connectivity index (χ1v) is 8.83. The van der Waals surface area contributed by atoms with Gasteiger partial charge < -0.3 is 10.1 Å². The molecule has 140 valence electrons. The number of carbonyl (C=O) groups is 2. The van der Waals surface area contributed by atoms with E-state index in [0.717, 1.165) is 16.9 Å². The molecule has 2 aromatic rings. The van der Waals surface area contributed by atoms with Gasteiger partial charge in [-0.15, -0.1) is 0 Å². The molecule has 1 aromatic carbocycles. The number of hydrogen-bond acceptors (Lipinski definition) is 4. The van der Waals surface area contributed by atoms with E-state index in [2.05, 4.69) is 31.2 Å². The second-order valence-corrected chi connectivity index (χ2v) is 7.27. The van der Waals surface area contributed by atoms with Crippen molar-refractivity contribution >= 4 is 17.7 Å². The average molecular weight is 357 g/mol. The number of rotatable bonds is 6. The smallest absolute Gasteiger partial charge is 0.306 e. The van der Waals surface area contributed by atoms with E-state index < -0.39 is 0 Å². The Balaban J connectivity index is 2.23. The summed E-state index contributed by atoms with van der Waals surface area (Å²) in [6.45, 7) is 10.3. The van der Waals surface area contributed by atoms with Gasteiger partial charge in [-0.2, -0.15) is 5.10 Å². The van der Waals surface area contributed by atoms with Gasteiger partial charge in [0.2, 0.25) is 5.91 Å². The summed E-state index contributed by atoms with van der Waals surface area (Å²) in [5.74, 6) is -0.0236. The molecule has 0 bridgehead atoms. The summed E-state index contributed by atoms with van der Waals surface area (Å²) in [6.07, 6.45) is 0.132. The van der Waals surface area contributed by atoms with Crippen molar-refractivity contribution in [1.82, 2.24) is 9.78 Å². The maximum Gasteiger partial charge on any atom is 0.306 e. The molecule has 1 amide bonds. The lowest BCUT2D eigenvalue weighted by molar-refractivity contribution is -0.144. The Morgan fingerprint density at radius 3 is 2.38 bits per heavy atom. The second-order valence-electron chi connectivity index (χ2n) is 7.27. The fourth-order valence-electron chi connectivity index (χ4n) is 2.37. The van der Waals surface area contributed by atoms with Crippen molar-refractivity contribution < 1.29 is 14.3 Å². The zero-order chi connectivity index (χ0) is 19.3. The van der Waals surface area contributed by atoms with Crippen LogP contribution in [0.15, 0.2) is 30.3 Å². The van der Waals surface area contributed by atoms with Crippen molar-refractivity contribution in [2.45, 2.75) is 52.9 Å². The van der Waals surface area contributed by atoms with E-state index in [9.17, 15) is 9.59 Å². The number of esters is 1. The van der Waals surface area contributed by atoms with Crippen LogP contribution in [0.4, 0.5) is 5.82 Å². The first-order chi connectivity index (χ1) is 12.2. The van der Waals surface area contributed by atoms with E-state index in [1.807, 2.05) is 37.3 Å². The van der Waals surface area contributed by atoms with Crippen molar-refractivity contribution in [3.63, 3.8) is 0 Å². The van der Waals surface area contributed by atoms with Gasteiger partial charge in [0.25, 0.3) is 0 Å². The Hall–Kier alpha value is -2.63. The number of hydrogen-bond donors (Lipinski definition) is 1. The van der Waals surface area contributed by atoms with Gasteiger partial charge in [0.1, 0.15) is 5.82 Å². The summed E-state index contributed by atoms with van der Waals surface area (Å²) >= 11 is 0. The molecule has 6 heteroatoms. The first-order valence-electron chi connectivity index (χ1n) is 8.83. The maximum absolute atomic E-state index is 12.3. The molecule has 0 spiro atoms. The lowest BCUT2D eigenvalue weighted by Crippen LogP contribution is -2.17. The monoisotopic (exact) mass is 357 g/mol. The van der Waals surface area contributed by atoms with Gasteiger partial charge in [0, 0.05) is 17.9 Å². The molecule has 1 aromatic heterocycles. The fraction of sp³-hybridized carbons (Fsp3) is 0.450. The highest BCUT2D eigenvalue weighted by Gasteiger charge is 2.21. The van der Waals surface area contributed by atoms with E-state index in [1.54, 1.807) is 11.6 Å². The average Bonchev–Trinajstić information content (AvgIpc) is 2.98. The molecule has 0 atom stereocenters. The lowest BCUT2D eigenvalue weighted by Gasteiger charge is -2.14. The van der Waals surface area contributed by atoms with Crippen LogP contribution in [0.5, 0.6) is 0 Å². The highest BCUT2D eigenvalue weighted by Crippen LogP contribution is 2.26.